The Morgan fingerprint density at radius 2 is 1.83 bits per heavy atom. The number of unbranched alkanes of at least 4 members (excludes halogenated alkanes) is 2. The van der Waals surface area contributed by atoms with Crippen molar-refractivity contribution in [3.05, 3.63) is 65.2 Å². The van der Waals surface area contributed by atoms with Gasteiger partial charge in [-0.15, -0.1) is 0 Å². The summed E-state index contributed by atoms with van der Waals surface area (Å²) in [4.78, 5) is 25.9. The van der Waals surface area contributed by atoms with Crippen LogP contribution in [-0.2, 0) is 25.7 Å². The predicted molar refractivity (Wildman–Crippen MR) is 157 cm³/mol. The van der Waals surface area contributed by atoms with E-state index in [0.717, 1.165) is 55.3 Å². The number of nitrogens with zero attached hydrogens (tertiary/aromatic N) is 1. The average Bonchev–Trinajstić information content (AvgIpc) is 3.43. The number of nitrogens with one attached hydrogen (secondary N) is 2. The molecule has 2 aliphatic heterocycles. The van der Waals surface area contributed by atoms with Gasteiger partial charge < -0.3 is 30.3 Å². The summed E-state index contributed by atoms with van der Waals surface area (Å²) in [5.74, 6) is -0.0325. The number of amides is 2. The summed E-state index contributed by atoms with van der Waals surface area (Å²) in [5, 5.41) is 25.1. The molecule has 2 saturated heterocycles. The number of likely N-dealkylation sites (tertiary alicyclic amines) is 1. The first-order chi connectivity index (χ1) is 19.9. The molecule has 224 valence electrons. The van der Waals surface area contributed by atoms with Crippen molar-refractivity contribution in [2.24, 2.45) is 5.92 Å². The van der Waals surface area contributed by atoms with Crippen molar-refractivity contribution in [3.63, 3.8) is 0 Å². The molecule has 2 aromatic carbocycles. The first-order valence-corrected chi connectivity index (χ1v) is 14.9. The van der Waals surface area contributed by atoms with E-state index in [2.05, 4.69) is 22.5 Å². The molecule has 0 radical (unpaired) electrons. The van der Waals surface area contributed by atoms with Crippen LogP contribution in [-0.4, -0.2) is 65.3 Å². The largest absolute Gasteiger partial charge is 0.395 e. The maximum atomic E-state index is 12.6. The molecule has 2 fully saturated rings. The quantitative estimate of drug-likeness (QED) is 0.270. The zero-order valence-electron chi connectivity index (χ0n) is 24.3. The second kappa shape index (κ2) is 15.4. The van der Waals surface area contributed by atoms with E-state index in [4.69, 9.17) is 9.47 Å². The summed E-state index contributed by atoms with van der Waals surface area (Å²) >= 11 is 0. The molecule has 2 aliphatic rings. The third-order valence-corrected chi connectivity index (χ3v) is 8.14. The molecule has 0 aliphatic carbocycles. The van der Waals surface area contributed by atoms with Crippen LogP contribution in [0.4, 0.5) is 5.69 Å². The van der Waals surface area contributed by atoms with E-state index in [1.54, 1.807) is 0 Å². The summed E-state index contributed by atoms with van der Waals surface area (Å²) in [5.41, 5.74) is 3.39. The normalized spacial score (nSPS) is 24.7. The summed E-state index contributed by atoms with van der Waals surface area (Å²) in [6, 6.07) is 15.6. The number of rotatable bonds is 13. The van der Waals surface area contributed by atoms with Gasteiger partial charge in [-0.2, -0.15) is 0 Å². The van der Waals surface area contributed by atoms with Crippen molar-refractivity contribution in [3.8, 4) is 0 Å². The van der Waals surface area contributed by atoms with Gasteiger partial charge in [-0.3, -0.25) is 14.5 Å². The first-order valence-electron chi connectivity index (χ1n) is 14.9. The Bertz CT molecular complexity index is 1130. The number of hydrogen-bond acceptors (Lipinski definition) is 7. The number of ether oxygens (including phenoxy) is 2. The molecule has 0 spiro atoms. The molecule has 2 aromatic rings. The van der Waals surface area contributed by atoms with E-state index in [1.165, 1.54) is 6.92 Å². The van der Waals surface area contributed by atoms with E-state index < -0.39 is 6.29 Å². The SMILES string of the molecule is CC(=O)NCCCCCC(=O)Nc1cccc([C@@H]2O[C@H](CN3CCC[C@H]3CO)[C@H](C)[C@H](c3ccc(CO)cc3)O2)c1. The van der Waals surface area contributed by atoms with Gasteiger partial charge in [0.05, 0.1) is 25.4 Å². The van der Waals surface area contributed by atoms with E-state index in [1.807, 2.05) is 48.5 Å². The van der Waals surface area contributed by atoms with Crippen molar-refractivity contribution in [2.45, 2.75) is 83.5 Å². The van der Waals surface area contributed by atoms with Gasteiger partial charge in [0.1, 0.15) is 0 Å². The highest BCUT2D eigenvalue weighted by molar-refractivity contribution is 5.90. The van der Waals surface area contributed by atoms with Crippen LogP contribution < -0.4 is 10.6 Å². The monoisotopic (exact) mass is 567 g/mol. The molecule has 9 nitrogen and oxygen atoms in total. The van der Waals surface area contributed by atoms with Crippen LogP contribution in [0, 0.1) is 5.92 Å². The summed E-state index contributed by atoms with van der Waals surface area (Å²) < 4.78 is 13.2. The highest BCUT2D eigenvalue weighted by atomic mass is 16.7. The Hall–Kier alpha value is -2.82. The first kappa shape index (κ1) is 31.1. The van der Waals surface area contributed by atoms with E-state index in [9.17, 15) is 19.8 Å². The topological polar surface area (TPSA) is 120 Å². The third kappa shape index (κ3) is 8.83. The highest BCUT2D eigenvalue weighted by Crippen LogP contribution is 2.42. The van der Waals surface area contributed by atoms with Crippen molar-refractivity contribution in [1.82, 2.24) is 10.2 Å². The number of aliphatic hydroxyl groups excluding tert-OH is 2. The predicted octanol–water partition coefficient (Wildman–Crippen LogP) is 4.06. The summed E-state index contributed by atoms with van der Waals surface area (Å²) in [6.45, 7) is 6.05. The lowest BCUT2D eigenvalue weighted by Crippen LogP contribution is -2.46. The van der Waals surface area contributed by atoms with Crippen LogP contribution in [0.5, 0.6) is 0 Å². The molecule has 2 amide bonds. The molecular formula is C32H45N3O6. The Morgan fingerprint density at radius 3 is 2.56 bits per heavy atom. The van der Waals surface area contributed by atoms with Crippen LogP contribution in [0.2, 0.25) is 0 Å². The molecule has 41 heavy (non-hydrogen) atoms. The number of benzene rings is 2. The number of carbonyl (C=O) groups excluding carboxylic acids is 2. The second-order valence-electron chi connectivity index (χ2n) is 11.3. The Balaban J connectivity index is 1.44. The van der Waals surface area contributed by atoms with Gasteiger partial charge in [0.25, 0.3) is 0 Å². The fraction of sp³-hybridized carbons (Fsp3) is 0.562. The van der Waals surface area contributed by atoms with Crippen LogP contribution in [0.3, 0.4) is 0 Å². The number of anilines is 1. The van der Waals surface area contributed by atoms with Crippen molar-refractivity contribution < 1.29 is 29.3 Å². The molecular weight excluding hydrogens is 522 g/mol. The molecule has 4 rings (SSSR count). The molecule has 0 saturated carbocycles. The molecule has 9 heteroatoms. The van der Waals surface area contributed by atoms with Crippen molar-refractivity contribution >= 4 is 17.5 Å². The van der Waals surface area contributed by atoms with Crippen LogP contribution >= 0.6 is 0 Å². The number of aliphatic hydroxyl groups is 2. The smallest absolute Gasteiger partial charge is 0.224 e. The van der Waals surface area contributed by atoms with Crippen molar-refractivity contribution in [2.75, 3.05) is 31.6 Å². The second-order valence-corrected chi connectivity index (χ2v) is 11.3. The summed E-state index contributed by atoms with van der Waals surface area (Å²) in [7, 11) is 0. The van der Waals surface area contributed by atoms with E-state index in [-0.39, 0.29) is 49.2 Å². The highest BCUT2D eigenvalue weighted by Gasteiger charge is 2.40. The van der Waals surface area contributed by atoms with Gasteiger partial charge in [0.2, 0.25) is 11.8 Å². The Kier molecular flexibility index (Phi) is 11.7. The van der Waals surface area contributed by atoms with Gasteiger partial charge in [0.15, 0.2) is 6.29 Å². The molecule has 0 aromatic heterocycles. The van der Waals surface area contributed by atoms with Gasteiger partial charge in [0, 0.05) is 49.6 Å². The lowest BCUT2D eigenvalue weighted by Gasteiger charge is -2.43. The zero-order chi connectivity index (χ0) is 29.2. The lowest BCUT2D eigenvalue weighted by atomic mass is 9.90. The average molecular weight is 568 g/mol. The number of hydrogen-bond donors (Lipinski definition) is 4. The van der Waals surface area contributed by atoms with Crippen LogP contribution in [0.15, 0.2) is 48.5 Å². The fourth-order valence-corrected chi connectivity index (χ4v) is 5.74. The molecule has 4 N–H and O–H groups in total. The Morgan fingerprint density at radius 1 is 1.02 bits per heavy atom. The van der Waals surface area contributed by atoms with Gasteiger partial charge in [-0.05, 0) is 55.5 Å². The minimum absolute atomic E-state index is 0.0111. The molecule has 2 heterocycles. The standard InChI is InChI=1S/C32H45N3O6/c1-22-29(19-35-17-7-10-28(35)21-37)40-32(41-31(22)25-14-12-24(20-36)13-15-25)26-8-6-9-27(18-26)34-30(39)11-4-3-5-16-33-23(2)38/h6,8-9,12-15,18,22,28-29,31-32,36-37H,3-5,7,10-11,16-17,19-21H2,1-2H3,(H,33,38)(H,34,39)/t22-,28-,29+,31+,32+/m0/s1. The van der Waals surface area contributed by atoms with Gasteiger partial charge >= 0.3 is 0 Å². The minimum Gasteiger partial charge on any atom is -0.395 e. The maximum Gasteiger partial charge on any atom is 0.224 e. The number of carbonyl (C=O) groups is 2. The lowest BCUT2D eigenvalue weighted by molar-refractivity contribution is -0.276. The van der Waals surface area contributed by atoms with Gasteiger partial charge in [-0.25, -0.2) is 0 Å². The molecule has 5 atom stereocenters. The molecule has 0 unspecified atom stereocenters. The zero-order valence-corrected chi connectivity index (χ0v) is 24.3. The summed E-state index contributed by atoms with van der Waals surface area (Å²) in [6.07, 6.45) is 3.95. The minimum atomic E-state index is -0.625. The van der Waals surface area contributed by atoms with Crippen molar-refractivity contribution in [1.29, 1.82) is 0 Å². The van der Waals surface area contributed by atoms with E-state index in [0.29, 0.717) is 25.2 Å². The van der Waals surface area contributed by atoms with Gasteiger partial charge in [-0.1, -0.05) is 49.7 Å². The molecule has 0 bridgehead atoms. The Labute approximate surface area is 243 Å². The van der Waals surface area contributed by atoms with E-state index >= 15 is 0 Å². The third-order valence-electron chi connectivity index (χ3n) is 8.14. The maximum absolute atomic E-state index is 12.6. The fourth-order valence-electron chi connectivity index (χ4n) is 5.74. The van der Waals surface area contributed by atoms with Crippen LogP contribution in [0.25, 0.3) is 0 Å². The van der Waals surface area contributed by atoms with Crippen LogP contribution in [0.1, 0.15) is 81.5 Å².